The van der Waals surface area contributed by atoms with Crippen molar-refractivity contribution in [2.75, 3.05) is 11.9 Å². The fraction of sp³-hybridized carbons (Fsp3) is 0.273. The molecule has 0 bridgehead atoms. The van der Waals surface area contributed by atoms with Crippen LogP contribution < -0.4 is 5.32 Å². The van der Waals surface area contributed by atoms with Crippen LogP contribution in [0.2, 0.25) is 0 Å². The lowest BCUT2D eigenvalue weighted by Gasteiger charge is -2.06. The standard InChI is InChI=1S/C11H12N4O/c1-15-6-7(4-14-15)9-5-13-11(16)10-8(9)2-3-12-10/h4-6,12H,2-3H2,1H3,(H,13,16). The van der Waals surface area contributed by atoms with E-state index in [1.807, 2.05) is 19.4 Å². The highest BCUT2D eigenvalue weighted by Crippen LogP contribution is 2.36. The molecule has 0 amide bonds. The molecule has 0 atom stereocenters. The number of rotatable bonds is 1. The molecule has 16 heavy (non-hydrogen) atoms. The summed E-state index contributed by atoms with van der Waals surface area (Å²) in [5.41, 5.74) is 3.97. The zero-order chi connectivity index (χ0) is 11.1. The van der Waals surface area contributed by atoms with Gasteiger partial charge in [-0.1, -0.05) is 0 Å². The van der Waals surface area contributed by atoms with Gasteiger partial charge in [0.2, 0.25) is 5.88 Å². The Bertz CT molecular complexity index is 547. The topological polar surface area (TPSA) is 63.0 Å². The molecule has 3 rings (SSSR count). The largest absolute Gasteiger partial charge is 0.492 e. The first-order chi connectivity index (χ1) is 7.75. The smallest absolute Gasteiger partial charge is 0.235 e. The summed E-state index contributed by atoms with van der Waals surface area (Å²) >= 11 is 0. The van der Waals surface area contributed by atoms with Gasteiger partial charge in [-0.2, -0.15) is 5.10 Å². The first-order valence-electron chi connectivity index (χ1n) is 5.19. The van der Waals surface area contributed by atoms with Gasteiger partial charge in [0.15, 0.2) is 0 Å². The number of hydrogen-bond donors (Lipinski definition) is 2. The lowest BCUT2D eigenvalue weighted by molar-refractivity contribution is 0.456. The second-order valence-corrected chi connectivity index (χ2v) is 3.93. The van der Waals surface area contributed by atoms with E-state index in [1.165, 1.54) is 0 Å². The average molecular weight is 216 g/mol. The normalized spacial score (nSPS) is 13.6. The van der Waals surface area contributed by atoms with Crippen LogP contribution >= 0.6 is 0 Å². The Balaban J connectivity index is 2.19. The summed E-state index contributed by atoms with van der Waals surface area (Å²) in [6.07, 6.45) is 6.38. The van der Waals surface area contributed by atoms with E-state index in [4.69, 9.17) is 0 Å². The van der Waals surface area contributed by atoms with E-state index in [0.717, 1.165) is 35.3 Å². The number of nitrogens with zero attached hydrogens (tertiary/aromatic N) is 3. The molecule has 0 saturated carbocycles. The van der Waals surface area contributed by atoms with Crippen molar-refractivity contribution in [1.82, 2.24) is 14.8 Å². The first kappa shape index (κ1) is 9.21. The minimum atomic E-state index is 0.0835. The molecule has 2 N–H and O–H groups in total. The molecule has 0 spiro atoms. The van der Waals surface area contributed by atoms with E-state index >= 15 is 0 Å². The zero-order valence-corrected chi connectivity index (χ0v) is 8.94. The van der Waals surface area contributed by atoms with Crippen LogP contribution in [0.5, 0.6) is 5.88 Å². The van der Waals surface area contributed by atoms with E-state index in [2.05, 4.69) is 15.4 Å². The third-order valence-electron chi connectivity index (χ3n) is 2.86. The second kappa shape index (κ2) is 3.23. The summed E-state index contributed by atoms with van der Waals surface area (Å²) < 4.78 is 1.76. The Morgan fingerprint density at radius 1 is 1.44 bits per heavy atom. The summed E-state index contributed by atoms with van der Waals surface area (Å²) in [5, 5.41) is 16.9. The predicted octanol–water partition coefficient (Wildman–Crippen LogP) is 1.16. The summed E-state index contributed by atoms with van der Waals surface area (Å²) in [6.45, 7) is 0.849. The fourth-order valence-electron chi connectivity index (χ4n) is 2.10. The van der Waals surface area contributed by atoms with Crippen LogP contribution in [0, 0.1) is 0 Å². The van der Waals surface area contributed by atoms with Gasteiger partial charge in [-0.3, -0.25) is 4.68 Å². The van der Waals surface area contributed by atoms with Gasteiger partial charge in [0.25, 0.3) is 0 Å². The van der Waals surface area contributed by atoms with Crippen LogP contribution in [-0.2, 0) is 13.5 Å². The molecule has 0 aliphatic carbocycles. The van der Waals surface area contributed by atoms with Gasteiger partial charge in [-0.05, 0) is 12.0 Å². The van der Waals surface area contributed by atoms with Gasteiger partial charge < -0.3 is 10.4 Å². The molecule has 5 nitrogen and oxygen atoms in total. The summed E-state index contributed by atoms with van der Waals surface area (Å²) in [4.78, 5) is 3.99. The van der Waals surface area contributed by atoms with Crippen molar-refractivity contribution in [3.63, 3.8) is 0 Å². The van der Waals surface area contributed by atoms with Crippen LogP contribution in [0.1, 0.15) is 5.56 Å². The van der Waals surface area contributed by atoms with E-state index in [9.17, 15) is 5.11 Å². The molecule has 0 radical (unpaired) electrons. The summed E-state index contributed by atoms with van der Waals surface area (Å²) in [5.74, 6) is 0.0835. The number of hydrogen-bond acceptors (Lipinski definition) is 4. The number of aromatic nitrogens is 3. The molecule has 2 aromatic rings. The number of anilines is 1. The minimum absolute atomic E-state index is 0.0835. The Kier molecular flexibility index (Phi) is 1.86. The predicted molar refractivity (Wildman–Crippen MR) is 60.3 cm³/mol. The van der Waals surface area contributed by atoms with Crippen LogP contribution in [0.15, 0.2) is 18.6 Å². The third kappa shape index (κ3) is 1.25. The third-order valence-corrected chi connectivity index (χ3v) is 2.86. The van der Waals surface area contributed by atoms with E-state index < -0.39 is 0 Å². The molecule has 2 aromatic heterocycles. The number of aromatic hydroxyl groups is 1. The van der Waals surface area contributed by atoms with E-state index in [0.29, 0.717) is 0 Å². The number of fused-ring (bicyclic) bond motifs is 1. The lowest BCUT2D eigenvalue weighted by atomic mass is 10.0. The molecule has 82 valence electrons. The zero-order valence-electron chi connectivity index (χ0n) is 8.94. The van der Waals surface area contributed by atoms with Gasteiger partial charge in [-0.15, -0.1) is 0 Å². The molecule has 0 saturated heterocycles. The SMILES string of the molecule is Cn1cc(-c2cnc(O)c3c2CCN3)cn1. The van der Waals surface area contributed by atoms with Crippen molar-refractivity contribution in [2.45, 2.75) is 6.42 Å². The molecule has 1 aliphatic heterocycles. The minimum Gasteiger partial charge on any atom is -0.492 e. The Morgan fingerprint density at radius 2 is 2.31 bits per heavy atom. The molecule has 3 heterocycles. The fourth-order valence-corrected chi connectivity index (χ4v) is 2.10. The lowest BCUT2D eigenvalue weighted by Crippen LogP contribution is -1.92. The summed E-state index contributed by atoms with van der Waals surface area (Å²) in [7, 11) is 1.88. The Morgan fingerprint density at radius 3 is 3.06 bits per heavy atom. The van der Waals surface area contributed by atoms with Gasteiger partial charge in [0, 0.05) is 37.1 Å². The molecule has 5 heteroatoms. The first-order valence-corrected chi connectivity index (χ1v) is 5.19. The van der Waals surface area contributed by atoms with E-state index in [1.54, 1.807) is 10.9 Å². The molecular formula is C11H12N4O. The molecule has 1 aliphatic rings. The van der Waals surface area contributed by atoms with Crippen molar-refractivity contribution >= 4 is 5.69 Å². The molecule has 0 fully saturated rings. The molecule has 0 unspecified atom stereocenters. The van der Waals surface area contributed by atoms with Gasteiger partial charge in [-0.25, -0.2) is 4.98 Å². The van der Waals surface area contributed by atoms with Crippen LogP contribution in [0.3, 0.4) is 0 Å². The molecule has 0 aromatic carbocycles. The highest BCUT2D eigenvalue weighted by atomic mass is 16.3. The van der Waals surface area contributed by atoms with Gasteiger partial charge in [0.1, 0.15) is 5.69 Å². The van der Waals surface area contributed by atoms with Crippen LogP contribution in [-0.4, -0.2) is 26.4 Å². The Labute approximate surface area is 92.7 Å². The number of aryl methyl sites for hydroxylation is 1. The Hall–Kier alpha value is -2.04. The molecular weight excluding hydrogens is 204 g/mol. The van der Waals surface area contributed by atoms with Crippen molar-refractivity contribution in [1.29, 1.82) is 0 Å². The van der Waals surface area contributed by atoms with E-state index in [-0.39, 0.29) is 5.88 Å². The monoisotopic (exact) mass is 216 g/mol. The highest BCUT2D eigenvalue weighted by Gasteiger charge is 2.20. The number of pyridine rings is 1. The quantitative estimate of drug-likeness (QED) is 0.750. The van der Waals surface area contributed by atoms with Crippen molar-refractivity contribution < 1.29 is 5.11 Å². The highest BCUT2D eigenvalue weighted by molar-refractivity contribution is 5.76. The maximum atomic E-state index is 9.61. The van der Waals surface area contributed by atoms with Gasteiger partial charge in [0.05, 0.1) is 6.20 Å². The second-order valence-electron chi connectivity index (χ2n) is 3.93. The maximum absolute atomic E-state index is 9.61. The van der Waals surface area contributed by atoms with Crippen molar-refractivity contribution in [3.8, 4) is 17.0 Å². The van der Waals surface area contributed by atoms with Crippen LogP contribution in [0.4, 0.5) is 5.69 Å². The average Bonchev–Trinajstić information content (AvgIpc) is 2.87. The van der Waals surface area contributed by atoms with Crippen molar-refractivity contribution in [3.05, 3.63) is 24.2 Å². The van der Waals surface area contributed by atoms with Crippen molar-refractivity contribution in [2.24, 2.45) is 7.05 Å². The maximum Gasteiger partial charge on any atom is 0.235 e. The number of nitrogens with one attached hydrogen (secondary N) is 1. The van der Waals surface area contributed by atoms with Gasteiger partial charge >= 0.3 is 0 Å². The summed E-state index contributed by atoms with van der Waals surface area (Å²) in [6, 6.07) is 0. The van der Waals surface area contributed by atoms with Crippen LogP contribution in [0.25, 0.3) is 11.1 Å².